The smallest absolute Gasteiger partial charge is 0.287 e. The van der Waals surface area contributed by atoms with Crippen LogP contribution in [0.2, 0.25) is 0 Å². The predicted octanol–water partition coefficient (Wildman–Crippen LogP) is 1.39. The molecule has 0 aliphatic carbocycles. The molecule has 0 aliphatic rings. The molecule has 0 fully saturated rings. The van der Waals surface area contributed by atoms with Gasteiger partial charge >= 0.3 is 0 Å². The molecule has 0 saturated heterocycles. The number of rotatable bonds is 7. The lowest BCUT2D eigenvalue weighted by Gasteiger charge is -2.26. The van der Waals surface area contributed by atoms with Crippen LogP contribution in [0.25, 0.3) is 0 Å². The molecule has 0 saturated carbocycles. The van der Waals surface area contributed by atoms with Crippen molar-refractivity contribution in [3.63, 3.8) is 0 Å². The summed E-state index contributed by atoms with van der Waals surface area (Å²) in [7, 11) is 0. The quantitative estimate of drug-likeness (QED) is 0.797. The minimum Gasteiger partial charge on any atom is -0.459 e. The Morgan fingerprint density at radius 1 is 1.21 bits per heavy atom. The summed E-state index contributed by atoms with van der Waals surface area (Å²) in [5.41, 5.74) is 0. The van der Waals surface area contributed by atoms with Crippen LogP contribution in [0.4, 0.5) is 0 Å². The Hall–Kier alpha value is -2.64. The molecule has 3 atom stereocenters. The van der Waals surface area contributed by atoms with Gasteiger partial charge < -0.3 is 15.1 Å². The number of amides is 2. The second kappa shape index (κ2) is 7.76. The van der Waals surface area contributed by atoms with Gasteiger partial charge in [0.1, 0.15) is 18.7 Å². The summed E-state index contributed by atoms with van der Waals surface area (Å²) < 4.78 is 6.74. The summed E-state index contributed by atoms with van der Waals surface area (Å²) >= 11 is 0. The Balaban J connectivity index is 1.99. The first-order valence-corrected chi connectivity index (χ1v) is 7.89. The molecule has 8 nitrogen and oxygen atoms in total. The molecule has 2 aromatic rings. The number of hydrogen-bond donors (Lipinski definition) is 2. The van der Waals surface area contributed by atoms with Crippen molar-refractivity contribution >= 4 is 11.8 Å². The van der Waals surface area contributed by atoms with E-state index >= 15 is 0 Å². The highest BCUT2D eigenvalue weighted by molar-refractivity contribution is 5.95. The van der Waals surface area contributed by atoms with E-state index in [9.17, 15) is 9.59 Å². The van der Waals surface area contributed by atoms with E-state index in [4.69, 9.17) is 4.42 Å². The number of furan rings is 1. The van der Waals surface area contributed by atoms with Gasteiger partial charge in [-0.05, 0) is 31.9 Å². The molecule has 2 rings (SSSR count). The van der Waals surface area contributed by atoms with E-state index in [0.29, 0.717) is 0 Å². The number of carbonyl (C=O) groups excluding carboxylic acids is 2. The van der Waals surface area contributed by atoms with Gasteiger partial charge in [0.15, 0.2) is 5.76 Å². The molecule has 2 heterocycles. The topological polar surface area (TPSA) is 102 Å². The Labute approximate surface area is 140 Å². The number of nitrogens with one attached hydrogen (secondary N) is 2. The second-order valence-electron chi connectivity index (χ2n) is 6.09. The van der Waals surface area contributed by atoms with E-state index in [1.165, 1.54) is 12.6 Å². The fourth-order valence-corrected chi connectivity index (χ4v) is 2.25. The van der Waals surface area contributed by atoms with Crippen molar-refractivity contribution in [1.82, 2.24) is 25.4 Å². The van der Waals surface area contributed by atoms with Crippen LogP contribution < -0.4 is 10.6 Å². The molecule has 130 valence electrons. The largest absolute Gasteiger partial charge is 0.459 e. The fraction of sp³-hybridized carbons (Fsp3) is 0.500. The van der Waals surface area contributed by atoms with Gasteiger partial charge in [0.2, 0.25) is 5.91 Å². The van der Waals surface area contributed by atoms with Crippen LogP contribution in [-0.4, -0.2) is 38.7 Å². The van der Waals surface area contributed by atoms with E-state index in [-0.39, 0.29) is 29.7 Å². The van der Waals surface area contributed by atoms with Crippen molar-refractivity contribution in [3.8, 4) is 0 Å². The molecular formula is C16H23N5O3. The molecule has 24 heavy (non-hydrogen) atoms. The van der Waals surface area contributed by atoms with Crippen molar-refractivity contribution in [2.24, 2.45) is 5.92 Å². The van der Waals surface area contributed by atoms with Crippen molar-refractivity contribution < 1.29 is 14.0 Å². The normalized spacial score (nSPS) is 14.9. The van der Waals surface area contributed by atoms with Crippen LogP contribution in [0.1, 0.15) is 44.3 Å². The van der Waals surface area contributed by atoms with Crippen LogP contribution in [0.15, 0.2) is 35.5 Å². The zero-order chi connectivity index (χ0) is 17.7. The number of aromatic nitrogens is 3. The molecule has 0 spiro atoms. The fourth-order valence-electron chi connectivity index (χ4n) is 2.25. The first-order chi connectivity index (χ1) is 11.4. The maximum Gasteiger partial charge on any atom is 0.287 e. The predicted molar refractivity (Wildman–Crippen MR) is 87.1 cm³/mol. The number of carbonyl (C=O) groups is 2. The molecular weight excluding hydrogens is 310 g/mol. The molecule has 0 aromatic carbocycles. The molecule has 0 radical (unpaired) electrons. The minimum absolute atomic E-state index is 0.0648. The average molecular weight is 333 g/mol. The van der Waals surface area contributed by atoms with E-state index in [1.807, 2.05) is 27.7 Å². The monoisotopic (exact) mass is 333 g/mol. The maximum atomic E-state index is 12.6. The van der Waals surface area contributed by atoms with Gasteiger partial charge in [-0.15, -0.1) is 0 Å². The van der Waals surface area contributed by atoms with E-state index < -0.39 is 11.9 Å². The summed E-state index contributed by atoms with van der Waals surface area (Å²) in [6.07, 6.45) is 4.47. The van der Waals surface area contributed by atoms with Crippen molar-refractivity contribution in [2.45, 2.75) is 45.8 Å². The van der Waals surface area contributed by atoms with Crippen LogP contribution in [0, 0.1) is 5.92 Å². The van der Waals surface area contributed by atoms with Crippen molar-refractivity contribution in [1.29, 1.82) is 0 Å². The van der Waals surface area contributed by atoms with Gasteiger partial charge in [-0.1, -0.05) is 13.8 Å². The minimum atomic E-state index is -0.659. The molecule has 0 aliphatic heterocycles. The summed E-state index contributed by atoms with van der Waals surface area (Å²) in [6.45, 7) is 7.57. The van der Waals surface area contributed by atoms with Gasteiger partial charge in [-0.3, -0.25) is 9.59 Å². The van der Waals surface area contributed by atoms with E-state index in [0.717, 1.165) is 0 Å². The second-order valence-corrected chi connectivity index (χ2v) is 6.09. The molecule has 2 aromatic heterocycles. The van der Waals surface area contributed by atoms with Crippen LogP contribution in [0.5, 0.6) is 0 Å². The summed E-state index contributed by atoms with van der Waals surface area (Å²) in [5.74, 6) is -0.550. The Morgan fingerprint density at radius 2 is 1.96 bits per heavy atom. The first kappa shape index (κ1) is 17.7. The molecule has 8 heteroatoms. The van der Waals surface area contributed by atoms with Crippen LogP contribution in [-0.2, 0) is 4.79 Å². The number of nitrogens with zero attached hydrogens (tertiary/aromatic N) is 3. The van der Waals surface area contributed by atoms with E-state index in [2.05, 4.69) is 20.7 Å². The third kappa shape index (κ3) is 4.21. The SMILES string of the molecule is CC(C)[C@H](NC(=O)c1ccco1)C(=O)N[C@H](C)[C@@H](C)n1cncn1. The highest BCUT2D eigenvalue weighted by atomic mass is 16.3. The molecule has 2 N–H and O–H groups in total. The average Bonchev–Trinajstić information content (AvgIpc) is 3.23. The zero-order valence-corrected chi connectivity index (χ0v) is 14.3. The van der Waals surface area contributed by atoms with Gasteiger partial charge in [0, 0.05) is 6.04 Å². The third-order valence-electron chi connectivity index (χ3n) is 3.93. The van der Waals surface area contributed by atoms with Gasteiger partial charge in [-0.2, -0.15) is 5.10 Å². The molecule has 0 unspecified atom stereocenters. The third-order valence-corrected chi connectivity index (χ3v) is 3.93. The molecule has 0 bridgehead atoms. The van der Waals surface area contributed by atoms with Crippen molar-refractivity contribution in [3.05, 3.63) is 36.8 Å². The maximum absolute atomic E-state index is 12.6. The lowest BCUT2D eigenvalue weighted by atomic mass is 10.0. The first-order valence-electron chi connectivity index (χ1n) is 7.89. The van der Waals surface area contributed by atoms with E-state index in [1.54, 1.807) is 23.1 Å². The summed E-state index contributed by atoms with van der Waals surface area (Å²) in [6, 6.07) is 2.28. The summed E-state index contributed by atoms with van der Waals surface area (Å²) in [5, 5.41) is 9.72. The molecule has 2 amide bonds. The highest BCUT2D eigenvalue weighted by Gasteiger charge is 2.28. The Morgan fingerprint density at radius 3 is 2.50 bits per heavy atom. The Kier molecular flexibility index (Phi) is 5.73. The lowest BCUT2D eigenvalue weighted by molar-refractivity contribution is -0.124. The summed E-state index contributed by atoms with van der Waals surface area (Å²) in [4.78, 5) is 28.6. The van der Waals surface area contributed by atoms with Crippen LogP contribution in [0.3, 0.4) is 0 Å². The van der Waals surface area contributed by atoms with Gasteiger partial charge in [0.25, 0.3) is 5.91 Å². The standard InChI is InChI=1S/C16H23N5O3/c1-10(2)14(20-15(22)13-6-5-7-24-13)16(23)19-11(3)12(4)21-9-17-8-18-21/h5-12,14H,1-4H3,(H,19,23)(H,20,22)/t11-,12-,14+/m1/s1. The van der Waals surface area contributed by atoms with Gasteiger partial charge in [-0.25, -0.2) is 9.67 Å². The number of hydrogen-bond acceptors (Lipinski definition) is 5. The lowest BCUT2D eigenvalue weighted by Crippen LogP contribution is -2.52. The zero-order valence-electron chi connectivity index (χ0n) is 14.3. The Bertz CT molecular complexity index is 651. The van der Waals surface area contributed by atoms with Crippen molar-refractivity contribution in [2.75, 3.05) is 0 Å². The van der Waals surface area contributed by atoms with Crippen LogP contribution >= 0.6 is 0 Å². The van der Waals surface area contributed by atoms with Gasteiger partial charge in [0.05, 0.1) is 12.3 Å². The highest BCUT2D eigenvalue weighted by Crippen LogP contribution is 2.11.